The topological polar surface area (TPSA) is 32.3 Å². The van der Waals surface area contributed by atoms with E-state index in [1.54, 1.807) is 0 Å². The van der Waals surface area contributed by atoms with E-state index in [-0.39, 0.29) is 6.04 Å². The number of amides is 1. The highest BCUT2D eigenvalue weighted by atomic mass is 16.2. The van der Waals surface area contributed by atoms with Crippen molar-refractivity contribution in [2.45, 2.75) is 44.7 Å². The van der Waals surface area contributed by atoms with Crippen LogP contribution in [0.25, 0.3) is 0 Å². The number of nitrogens with one attached hydrogen (secondary N) is 1. The third-order valence-electron chi connectivity index (χ3n) is 3.77. The molecule has 2 rings (SSSR count). The summed E-state index contributed by atoms with van der Waals surface area (Å²) in [6.45, 7) is 3.16. The van der Waals surface area contributed by atoms with Gasteiger partial charge in [-0.1, -0.05) is 6.92 Å². The second-order valence-corrected chi connectivity index (χ2v) is 4.73. The monoisotopic (exact) mass is 196 g/mol. The lowest BCUT2D eigenvalue weighted by molar-refractivity contribution is -0.136. The first-order valence-electron chi connectivity index (χ1n) is 5.70. The Hall–Kier alpha value is -0.570. The zero-order valence-corrected chi connectivity index (χ0v) is 9.12. The first kappa shape index (κ1) is 9.97. The highest BCUT2D eigenvalue weighted by Gasteiger charge is 2.35. The zero-order chi connectivity index (χ0) is 10.1. The molecule has 1 amide bonds. The van der Waals surface area contributed by atoms with Crippen LogP contribution < -0.4 is 5.32 Å². The molecule has 1 aliphatic carbocycles. The van der Waals surface area contributed by atoms with E-state index in [1.165, 1.54) is 19.3 Å². The van der Waals surface area contributed by atoms with Crippen LogP contribution in [0.2, 0.25) is 0 Å². The van der Waals surface area contributed by atoms with Crippen molar-refractivity contribution in [3.05, 3.63) is 0 Å². The standard InChI is InChI=1S/C11H20N2O/c1-8-6-7-12-10(8)11(14)13(2)9-4-3-5-9/h8-10,12H,3-7H2,1-2H3. The van der Waals surface area contributed by atoms with Crippen LogP contribution in [0.4, 0.5) is 0 Å². The fraction of sp³-hybridized carbons (Fsp3) is 0.909. The predicted molar refractivity (Wildman–Crippen MR) is 56.0 cm³/mol. The maximum Gasteiger partial charge on any atom is 0.239 e. The van der Waals surface area contributed by atoms with E-state index in [0.717, 1.165) is 13.0 Å². The normalized spacial score (nSPS) is 32.7. The minimum atomic E-state index is 0.0839. The fourth-order valence-electron chi connectivity index (χ4n) is 2.34. The first-order chi connectivity index (χ1) is 6.70. The summed E-state index contributed by atoms with van der Waals surface area (Å²) in [4.78, 5) is 14.0. The Morgan fingerprint density at radius 1 is 1.36 bits per heavy atom. The summed E-state index contributed by atoms with van der Waals surface area (Å²) in [5.74, 6) is 0.810. The number of rotatable bonds is 2. The van der Waals surface area contributed by atoms with Crippen LogP contribution in [0.5, 0.6) is 0 Å². The third-order valence-corrected chi connectivity index (χ3v) is 3.77. The average molecular weight is 196 g/mol. The lowest BCUT2D eigenvalue weighted by atomic mass is 9.90. The van der Waals surface area contributed by atoms with E-state index in [9.17, 15) is 4.79 Å². The number of carbonyl (C=O) groups excluding carboxylic acids is 1. The molecule has 1 aliphatic heterocycles. The molecule has 0 spiro atoms. The van der Waals surface area contributed by atoms with Gasteiger partial charge in [-0.15, -0.1) is 0 Å². The molecule has 80 valence electrons. The van der Waals surface area contributed by atoms with Crippen molar-refractivity contribution >= 4 is 5.91 Å². The van der Waals surface area contributed by atoms with Crippen LogP contribution in [0.15, 0.2) is 0 Å². The summed E-state index contributed by atoms with van der Waals surface area (Å²) in [5.41, 5.74) is 0. The molecule has 1 N–H and O–H groups in total. The van der Waals surface area contributed by atoms with Crippen molar-refractivity contribution in [2.75, 3.05) is 13.6 Å². The van der Waals surface area contributed by atoms with Gasteiger partial charge in [-0.05, 0) is 38.1 Å². The second-order valence-electron chi connectivity index (χ2n) is 4.73. The molecule has 2 atom stereocenters. The van der Waals surface area contributed by atoms with Gasteiger partial charge >= 0.3 is 0 Å². The number of hydrogen-bond donors (Lipinski definition) is 1. The van der Waals surface area contributed by atoms with Crippen LogP contribution in [-0.2, 0) is 4.79 Å². The summed E-state index contributed by atoms with van der Waals surface area (Å²) in [5, 5.41) is 3.30. The van der Waals surface area contributed by atoms with Gasteiger partial charge in [0.25, 0.3) is 0 Å². The summed E-state index contributed by atoms with van der Waals surface area (Å²) in [6, 6.07) is 0.609. The molecule has 1 heterocycles. The molecular formula is C11H20N2O. The first-order valence-corrected chi connectivity index (χ1v) is 5.70. The molecule has 1 saturated heterocycles. The summed E-state index contributed by atoms with van der Waals surface area (Å²) < 4.78 is 0. The molecule has 3 heteroatoms. The smallest absolute Gasteiger partial charge is 0.239 e. The van der Waals surface area contributed by atoms with Crippen molar-refractivity contribution in [3.63, 3.8) is 0 Å². The second kappa shape index (κ2) is 3.89. The van der Waals surface area contributed by atoms with Gasteiger partial charge in [0.15, 0.2) is 0 Å². The van der Waals surface area contributed by atoms with Crippen LogP contribution >= 0.6 is 0 Å². The Kier molecular flexibility index (Phi) is 2.77. The van der Waals surface area contributed by atoms with Gasteiger partial charge in [-0.2, -0.15) is 0 Å². The van der Waals surface area contributed by atoms with E-state index >= 15 is 0 Å². The lowest BCUT2D eigenvalue weighted by Gasteiger charge is -2.36. The van der Waals surface area contributed by atoms with Gasteiger partial charge in [-0.25, -0.2) is 0 Å². The number of carbonyl (C=O) groups is 1. The summed E-state index contributed by atoms with van der Waals surface area (Å²) in [6.07, 6.45) is 4.82. The highest BCUT2D eigenvalue weighted by Crippen LogP contribution is 2.25. The van der Waals surface area contributed by atoms with Gasteiger partial charge in [0, 0.05) is 13.1 Å². The van der Waals surface area contributed by atoms with Gasteiger partial charge < -0.3 is 10.2 Å². The molecule has 0 aromatic carbocycles. The fourth-order valence-corrected chi connectivity index (χ4v) is 2.34. The molecule has 3 nitrogen and oxygen atoms in total. The Morgan fingerprint density at radius 2 is 2.07 bits per heavy atom. The molecule has 0 bridgehead atoms. The van der Waals surface area contributed by atoms with E-state index in [2.05, 4.69) is 12.2 Å². The molecule has 14 heavy (non-hydrogen) atoms. The van der Waals surface area contributed by atoms with Crippen molar-refractivity contribution < 1.29 is 4.79 Å². The van der Waals surface area contributed by atoms with Crippen molar-refractivity contribution in [3.8, 4) is 0 Å². The molecule has 2 aliphatic rings. The molecule has 0 radical (unpaired) electrons. The van der Waals surface area contributed by atoms with Crippen molar-refractivity contribution in [1.29, 1.82) is 0 Å². The van der Waals surface area contributed by atoms with Crippen molar-refractivity contribution in [2.24, 2.45) is 5.92 Å². The average Bonchev–Trinajstić information content (AvgIpc) is 2.47. The van der Waals surface area contributed by atoms with Gasteiger partial charge in [0.1, 0.15) is 0 Å². The number of nitrogens with zero attached hydrogens (tertiary/aromatic N) is 1. The summed E-state index contributed by atoms with van der Waals surface area (Å²) >= 11 is 0. The van der Waals surface area contributed by atoms with Crippen LogP contribution in [0, 0.1) is 5.92 Å². The maximum atomic E-state index is 12.1. The molecule has 0 aromatic heterocycles. The van der Waals surface area contributed by atoms with E-state index < -0.39 is 0 Å². The maximum absolute atomic E-state index is 12.1. The van der Waals surface area contributed by atoms with Gasteiger partial charge in [0.2, 0.25) is 5.91 Å². The van der Waals surface area contributed by atoms with Crippen LogP contribution in [-0.4, -0.2) is 36.5 Å². The zero-order valence-electron chi connectivity index (χ0n) is 9.12. The van der Waals surface area contributed by atoms with Crippen LogP contribution in [0.3, 0.4) is 0 Å². The Labute approximate surface area is 85.8 Å². The molecule has 2 fully saturated rings. The minimum absolute atomic E-state index is 0.0839. The highest BCUT2D eigenvalue weighted by molar-refractivity contribution is 5.82. The third kappa shape index (κ3) is 1.65. The largest absolute Gasteiger partial charge is 0.341 e. The van der Waals surface area contributed by atoms with E-state index in [4.69, 9.17) is 0 Å². The Morgan fingerprint density at radius 3 is 2.50 bits per heavy atom. The van der Waals surface area contributed by atoms with Gasteiger partial charge in [0.05, 0.1) is 6.04 Å². The molecule has 0 aromatic rings. The molecule has 1 saturated carbocycles. The minimum Gasteiger partial charge on any atom is -0.341 e. The quantitative estimate of drug-likeness (QED) is 0.714. The molecule has 2 unspecified atom stereocenters. The van der Waals surface area contributed by atoms with Crippen LogP contribution in [0.1, 0.15) is 32.6 Å². The van der Waals surface area contributed by atoms with Gasteiger partial charge in [-0.3, -0.25) is 4.79 Å². The van der Waals surface area contributed by atoms with E-state index in [0.29, 0.717) is 17.9 Å². The molecular weight excluding hydrogens is 176 g/mol. The van der Waals surface area contributed by atoms with E-state index in [1.807, 2.05) is 11.9 Å². The summed E-state index contributed by atoms with van der Waals surface area (Å²) in [7, 11) is 1.96. The predicted octanol–water partition coefficient (Wildman–Crippen LogP) is 0.995. The van der Waals surface area contributed by atoms with Crippen molar-refractivity contribution in [1.82, 2.24) is 10.2 Å². The Bertz CT molecular complexity index is 225. The number of likely N-dealkylation sites (N-methyl/N-ethyl adjacent to an activating group) is 1. The number of hydrogen-bond acceptors (Lipinski definition) is 2. The Balaban J connectivity index is 1.92. The lowest BCUT2D eigenvalue weighted by Crippen LogP contribution is -2.50. The SMILES string of the molecule is CC1CCNC1C(=O)N(C)C1CCC1.